The summed E-state index contributed by atoms with van der Waals surface area (Å²) in [4.78, 5) is 29.4. The van der Waals surface area contributed by atoms with E-state index < -0.39 is 0 Å². The van der Waals surface area contributed by atoms with Gasteiger partial charge in [0.05, 0.1) is 6.04 Å². The maximum Gasteiger partial charge on any atom is 0.224 e. The van der Waals surface area contributed by atoms with Gasteiger partial charge in [0.25, 0.3) is 0 Å². The lowest BCUT2D eigenvalue weighted by Crippen LogP contribution is -2.39. The third kappa shape index (κ3) is 3.75. The van der Waals surface area contributed by atoms with Gasteiger partial charge in [-0.1, -0.05) is 0 Å². The van der Waals surface area contributed by atoms with Crippen molar-refractivity contribution in [3.05, 3.63) is 52.2 Å². The quantitative estimate of drug-likeness (QED) is 0.935. The van der Waals surface area contributed by atoms with E-state index in [1.807, 2.05) is 35.7 Å². The van der Waals surface area contributed by atoms with E-state index in [-0.39, 0.29) is 17.4 Å². The molecule has 1 unspecified atom stereocenters. The zero-order valence-corrected chi connectivity index (χ0v) is 14.2. The topological polar surface area (TPSA) is 71.0 Å². The summed E-state index contributed by atoms with van der Waals surface area (Å²) in [6.45, 7) is 5.39. The van der Waals surface area contributed by atoms with E-state index in [1.54, 1.807) is 18.3 Å². The first-order valence-corrected chi connectivity index (χ1v) is 8.50. The summed E-state index contributed by atoms with van der Waals surface area (Å²) in [6, 6.07) is 5.24. The number of aromatic nitrogens is 3. The predicted octanol–water partition coefficient (Wildman–Crippen LogP) is 2.24. The zero-order chi connectivity index (χ0) is 17.1. The Labute approximate surface area is 141 Å². The van der Waals surface area contributed by atoms with Crippen LogP contribution in [-0.2, 0) is 4.79 Å². The first kappa shape index (κ1) is 16.5. The molecule has 1 atom stereocenters. The summed E-state index contributed by atoms with van der Waals surface area (Å²) >= 11 is 0. The Morgan fingerprint density at radius 3 is 2.75 bits per heavy atom. The van der Waals surface area contributed by atoms with Gasteiger partial charge in [0.15, 0.2) is 5.43 Å². The van der Waals surface area contributed by atoms with Crippen LogP contribution in [-0.4, -0.2) is 38.7 Å². The summed E-state index contributed by atoms with van der Waals surface area (Å²) in [5.74, 6) is 0.499. The van der Waals surface area contributed by atoms with Gasteiger partial charge < -0.3 is 9.88 Å². The highest BCUT2D eigenvalue weighted by atomic mass is 16.2. The number of hydrogen-bond donors (Lipinski definition) is 1. The average molecular weight is 328 g/mol. The van der Waals surface area contributed by atoms with Gasteiger partial charge in [0.2, 0.25) is 5.91 Å². The number of H-pyrrole nitrogens is 1. The summed E-state index contributed by atoms with van der Waals surface area (Å²) in [7, 11) is 0. The minimum absolute atomic E-state index is 0.0489. The van der Waals surface area contributed by atoms with E-state index >= 15 is 0 Å². The molecular weight excluding hydrogens is 304 g/mol. The monoisotopic (exact) mass is 328 g/mol. The van der Waals surface area contributed by atoms with E-state index in [0.29, 0.717) is 12.3 Å². The number of carbonyl (C=O) groups is 1. The summed E-state index contributed by atoms with van der Waals surface area (Å²) < 4.78 is 1.82. The van der Waals surface area contributed by atoms with Crippen LogP contribution in [0.15, 0.2) is 35.4 Å². The third-order valence-corrected chi connectivity index (χ3v) is 4.73. The van der Waals surface area contributed by atoms with Crippen molar-refractivity contribution < 1.29 is 4.79 Å². The Morgan fingerprint density at radius 1 is 1.38 bits per heavy atom. The molecule has 0 saturated carbocycles. The number of nitrogens with zero attached hydrogens (tertiary/aromatic N) is 3. The number of amides is 1. The van der Waals surface area contributed by atoms with Crippen LogP contribution in [0.2, 0.25) is 0 Å². The Morgan fingerprint density at radius 2 is 2.12 bits per heavy atom. The minimum atomic E-state index is 0.0489. The number of rotatable bonds is 4. The van der Waals surface area contributed by atoms with E-state index in [9.17, 15) is 9.59 Å². The van der Waals surface area contributed by atoms with Crippen molar-refractivity contribution in [2.45, 2.75) is 45.1 Å². The fourth-order valence-corrected chi connectivity index (χ4v) is 3.38. The van der Waals surface area contributed by atoms with E-state index in [2.05, 4.69) is 10.1 Å². The molecule has 0 bridgehead atoms. The molecule has 2 aromatic rings. The van der Waals surface area contributed by atoms with Crippen molar-refractivity contribution in [3.8, 4) is 0 Å². The number of nitrogens with one attached hydrogen (secondary N) is 1. The van der Waals surface area contributed by atoms with Crippen LogP contribution in [0.1, 0.15) is 49.5 Å². The second kappa shape index (κ2) is 7.03. The SMILES string of the molecule is Cc1cc(=O)cc(C2CCN(C(=O)CC(C)n3cccn3)CC2)[nH]1. The van der Waals surface area contributed by atoms with Crippen molar-refractivity contribution in [2.24, 2.45) is 0 Å². The van der Waals surface area contributed by atoms with Crippen LogP contribution in [0.25, 0.3) is 0 Å². The molecule has 6 heteroatoms. The lowest BCUT2D eigenvalue weighted by atomic mass is 9.92. The largest absolute Gasteiger partial charge is 0.362 e. The molecule has 128 valence electrons. The zero-order valence-electron chi connectivity index (χ0n) is 14.2. The van der Waals surface area contributed by atoms with Crippen LogP contribution in [0.5, 0.6) is 0 Å². The van der Waals surface area contributed by atoms with E-state index in [1.165, 1.54) is 0 Å². The number of pyridine rings is 1. The Hall–Kier alpha value is -2.37. The number of carbonyl (C=O) groups excluding carboxylic acids is 1. The van der Waals surface area contributed by atoms with Crippen molar-refractivity contribution in [2.75, 3.05) is 13.1 Å². The minimum Gasteiger partial charge on any atom is -0.362 e. The molecule has 3 heterocycles. The smallest absolute Gasteiger partial charge is 0.224 e. The van der Waals surface area contributed by atoms with E-state index in [0.717, 1.165) is 37.3 Å². The number of hydrogen-bond acceptors (Lipinski definition) is 3. The van der Waals surface area contributed by atoms with Gasteiger partial charge >= 0.3 is 0 Å². The van der Waals surface area contributed by atoms with Crippen LogP contribution in [0, 0.1) is 6.92 Å². The molecule has 0 aliphatic carbocycles. The number of piperidine rings is 1. The van der Waals surface area contributed by atoms with Crippen molar-refractivity contribution in [1.29, 1.82) is 0 Å². The second-order valence-electron chi connectivity index (χ2n) is 6.65. The number of aromatic amines is 1. The van der Waals surface area contributed by atoms with Gasteiger partial charge in [-0.05, 0) is 32.8 Å². The van der Waals surface area contributed by atoms with Gasteiger partial charge in [-0.3, -0.25) is 14.3 Å². The molecule has 2 aromatic heterocycles. The first-order chi connectivity index (χ1) is 11.5. The predicted molar refractivity (Wildman–Crippen MR) is 91.9 cm³/mol. The molecule has 1 aliphatic heterocycles. The van der Waals surface area contributed by atoms with Gasteiger partial charge in [0.1, 0.15) is 0 Å². The fraction of sp³-hybridized carbons (Fsp3) is 0.500. The van der Waals surface area contributed by atoms with Crippen LogP contribution in [0.3, 0.4) is 0 Å². The molecule has 1 saturated heterocycles. The molecule has 6 nitrogen and oxygen atoms in total. The van der Waals surface area contributed by atoms with Gasteiger partial charge in [-0.15, -0.1) is 0 Å². The molecule has 3 rings (SSSR count). The standard InChI is InChI=1S/C18H24N4O2/c1-13-10-16(23)12-17(20-13)15-4-8-21(9-5-15)18(24)11-14(2)22-7-3-6-19-22/h3,6-7,10,12,14-15H,4-5,8-9,11H2,1-2H3,(H,20,23). The highest BCUT2D eigenvalue weighted by molar-refractivity contribution is 5.76. The highest BCUT2D eigenvalue weighted by Crippen LogP contribution is 2.27. The summed E-state index contributed by atoms with van der Waals surface area (Å²) in [6.07, 6.45) is 5.86. The van der Waals surface area contributed by atoms with Crippen LogP contribution >= 0.6 is 0 Å². The van der Waals surface area contributed by atoms with Gasteiger partial charge in [-0.25, -0.2) is 0 Å². The lowest BCUT2D eigenvalue weighted by Gasteiger charge is -2.32. The Bertz CT molecular complexity index is 743. The van der Waals surface area contributed by atoms with Crippen molar-refractivity contribution in [1.82, 2.24) is 19.7 Å². The molecule has 24 heavy (non-hydrogen) atoms. The molecule has 1 amide bonds. The van der Waals surface area contributed by atoms with Gasteiger partial charge in [-0.2, -0.15) is 5.10 Å². The maximum atomic E-state index is 12.5. The average Bonchev–Trinajstić information content (AvgIpc) is 3.08. The van der Waals surface area contributed by atoms with Crippen molar-refractivity contribution in [3.63, 3.8) is 0 Å². The van der Waals surface area contributed by atoms with Gasteiger partial charge in [0, 0.05) is 61.3 Å². The molecule has 1 fully saturated rings. The third-order valence-electron chi connectivity index (χ3n) is 4.73. The first-order valence-electron chi connectivity index (χ1n) is 8.50. The maximum absolute atomic E-state index is 12.5. The molecule has 0 spiro atoms. The molecular formula is C18H24N4O2. The Kier molecular flexibility index (Phi) is 4.83. The highest BCUT2D eigenvalue weighted by Gasteiger charge is 2.25. The molecule has 0 aromatic carbocycles. The second-order valence-corrected chi connectivity index (χ2v) is 6.65. The molecule has 1 N–H and O–H groups in total. The van der Waals surface area contributed by atoms with Crippen LogP contribution in [0.4, 0.5) is 0 Å². The van der Waals surface area contributed by atoms with E-state index in [4.69, 9.17) is 0 Å². The Balaban J connectivity index is 1.56. The van der Waals surface area contributed by atoms with Crippen molar-refractivity contribution >= 4 is 5.91 Å². The summed E-state index contributed by atoms with van der Waals surface area (Å²) in [5, 5.41) is 4.19. The fourth-order valence-electron chi connectivity index (χ4n) is 3.38. The normalized spacial score (nSPS) is 17.0. The lowest BCUT2D eigenvalue weighted by molar-refractivity contribution is -0.133. The number of aryl methyl sites for hydroxylation is 1. The van der Waals surface area contributed by atoms with Crippen LogP contribution < -0.4 is 5.43 Å². The molecule has 1 aliphatic rings. The summed E-state index contributed by atoms with van der Waals surface area (Å²) in [5.41, 5.74) is 1.94. The number of likely N-dealkylation sites (tertiary alicyclic amines) is 1. The molecule has 0 radical (unpaired) electrons.